The van der Waals surface area contributed by atoms with Gasteiger partial charge in [0.15, 0.2) is 12.4 Å². The van der Waals surface area contributed by atoms with E-state index < -0.39 is 5.97 Å². The molecule has 0 spiro atoms. The molecule has 0 amide bonds. The average Bonchev–Trinajstić information content (AvgIpc) is 3.22. The summed E-state index contributed by atoms with van der Waals surface area (Å²) in [5.41, 5.74) is 2.06. The third-order valence-electron chi connectivity index (χ3n) is 4.29. The minimum Gasteiger partial charge on any atom is -0.457 e. The van der Waals surface area contributed by atoms with Crippen LogP contribution in [0.1, 0.15) is 12.2 Å². The first-order valence-corrected chi connectivity index (χ1v) is 8.81. The number of carbonyl (C=O) groups is 1. The Balaban J connectivity index is 1.34. The molecule has 2 aromatic carbocycles. The minimum atomic E-state index is -0.433. The van der Waals surface area contributed by atoms with Crippen LogP contribution < -0.4 is 5.56 Å². The van der Waals surface area contributed by atoms with Gasteiger partial charge in [0, 0.05) is 18.2 Å². The van der Waals surface area contributed by atoms with Crippen molar-refractivity contribution >= 4 is 16.9 Å². The number of esters is 1. The number of aromatic nitrogens is 3. The molecule has 0 saturated heterocycles. The summed E-state index contributed by atoms with van der Waals surface area (Å²) in [6.07, 6.45) is 1.50. The Morgan fingerprint density at radius 3 is 2.71 bits per heavy atom. The lowest BCUT2D eigenvalue weighted by atomic mass is 10.1. The highest BCUT2D eigenvalue weighted by molar-refractivity contribution is 5.77. The topological polar surface area (TPSA) is 87.2 Å². The van der Waals surface area contributed by atoms with E-state index in [1.807, 2.05) is 36.4 Å². The molecule has 28 heavy (non-hydrogen) atoms. The third-order valence-corrected chi connectivity index (χ3v) is 4.29. The van der Waals surface area contributed by atoms with Crippen molar-refractivity contribution in [1.82, 2.24) is 14.7 Å². The predicted octanol–water partition coefficient (Wildman–Crippen LogP) is 3.19. The Labute approximate surface area is 160 Å². The van der Waals surface area contributed by atoms with E-state index in [9.17, 15) is 9.59 Å². The molecule has 2 heterocycles. The monoisotopic (exact) mass is 375 g/mol. The highest BCUT2D eigenvalue weighted by Gasteiger charge is 2.11. The molecule has 2 aromatic heterocycles. The lowest BCUT2D eigenvalue weighted by Gasteiger charge is -2.06. The van der Waals surface area contributed by atoms with E-state index >= 15 is 0 Å². The number of ether oxygens (including phenoxy) is 1. The fourth-order valence-electron chi connectivity index (χ4n) is 2.83. The maximum Gasteiger partial charge on any atom is 0.308 e. The van der Waals surface area contributed by atoms with Gasteiger partial charge in [-0.3, -0.25) is 14.2 Å². The van der Waals surface area contributed by atoms with Gasteiger partial charge in [-0.2, -0.15) is 0 Å². The molecule has 7 heteroatoms. The average molecular weight is 375 g/mol. The molecule has 0 unspecified atom stereocenters. The van der Waals surface area contributed by atoms with E-state index in [0.717, 1.165) is 5.56 Å². The predicted molar refractivity (Wildman–Crippen MR) is 102 cm³/mol. The molecule has 0 aliphatic rings. The number of benzene rings is 2. The second-order valence-corrected chi connectivity index (χ2v) is 6.22. The van der Waals surface area contributed by atoms with Crippen LogP contribution in [0.2, 0.25) is 0 Å². The van der Waals surface area contributed by atoms with Gasteiger partial charge >= 0.3 is 5.97 Å². The van der Waals surface area contributed by atoms with Crippen LogP contribution in [0.5, 0.6) is 0 Å². The number of aryl methyl sites for hydroxylation is 1. The van der Waals surface area contributed by atoms with Gasteiger partial charge in [-0.25, -0.2) is 4.98 Å². The summed E-state index contributed by atoms with van der Waals surface area (Å²) in [5, 5.41) is 4.50. The smallest absolute Gasteiger partial charge is 0.308 e. The molecule has 140 valence electrons. The Kier molecular flexibility index (Phi) is 4.97. The summed E-state index contributed by atoms with van der Waals surface area (Å²) in [4.78, 5) is 28.7. The first-order valence-electron chi connectivity index (χ1n) is 8.81. The molecule has 0 aliphatic heterocycles. The van der Waals surface area contributed by atoms with Crippen LogP contribution in [0, 0.1) is 0 Å². The fourth-order valence-corrected chi connectivity index (χ4v) is 2.83. The highest BCUT2D eigenvalue weighted by atomic mass is 16.5. The van der Waals surface area contributed by atoms with Gasteiger partial charge in [-0.15, -0.1) is 0 Å². The number of para-hydroxylation sites is 1. The molecule has 0 radical (unpaired) electrons. The summed E-state index contributed by atoms with van der Waals surface area (Å²) in [7, 11) is 0. The lowest BCUT2D eigenvalue weighted by molar-refractivity contribution is -0.145. The molecular weight excluding hydrogens is 358 g/mol. The number of carbonyl (C=O) groups excluding carboxylic acids is 1. The van der Waals surface area contributed by atoms with E-state index in [0.29, 0.717) is 22.4 Å². The lowest BCUT2D eigenvalue weighted by Crippen LogP contribution is -2.22. The second-order valence-electron chi connectivity index (χ2n) is 6.22. The van der Waals surface area contributed by atoms with Gasteiger partial charge < -0.3 is 9.26 Å². The number of hydrogen-bond acceptors (Lipinski definition) is 6. The van der Waals surface area contributed by atoms with Crippen LogP contribution >= 0.6 is 0 Å². The third kappa shape index (κ3) is 3.83. The SMILES string of the molecule is O=C(CCn1cnc2ccccc2c1=O)OCc1cc(-c2ccccc2)no1. The summed E-state index contributed by atoms with van der Waals surface area (Å²) >= 11 is 0. The van der Waals surface area contributed by atoms with Gasteiger partial charge in [-0.1, -0.05) is 47.6 Å². The van der Waals surface area contributed by atoms with E-state index in [1.54, 1.807) is 24.3 Å². The van der Waals surface area contributed by atoms with Crippen LogP contribution in [0.3, 0.4) is 0 Å². The molecule has 0 fully saturated rings. The fraction of sp³-hybridized carbons (Fsp3) is 0.143. The molecule has 4 aromatic rings. The van der Waals surface area contributed by atoms with Crippen molar-refractivity contribution < 1.29 is 14.1 Å². The zero-order valence-corrected chi connectivity index (χ0v) is 14.9. The minimum absolute atomic E-state index is 0.0104. The highest BCUT2D eigenvalue weighted by Crippen LogP contribution is 2.19. The largest absolute Gasteiger partial charge is 0.457 e. The second kappa shape index (κ2) is 7.87. The van der Waals surface area contributed by atoms with Crippen molar-refractivity contribution in [2.75, 3.05) is 0 Å². The Bertz CT molecular complexity index is 1160. The Morgan fingerprint density at radius 2 is 1.86 bits per heavy atom. The van der Waals surface area contributed by atoms with E-state index in [4.69, 9.17) is 9.26 Å². The molecular formula is C21H17N3O4. The van der Waals surface area contributed by atoms with E-state index in [1.165, 1.54) is 10.9 Å². The summed E-state index contributed by atoms with van der Waals surface area (Å²) in [6, 6.07) is 18.4. The summed E-state index contributed by atoms with van der Waals surface area (Å²) in [6.45, 7) is 0.185. The maximum atomic E-state index is 12.4. The Morgan fingerprint density at radius 1 is 1.07 bits per heavy atom. The number of rotatable bonds is 6. The molecule has 0 N–H and O–H groups in total. The first-order chi connectivity index (χ1) is 13.7. The van der Waals surface area contributed by atoms with Gasteiger partial charge in [0.05, 0.1) is 23.7 Å². The molecule has 0 aliphatic carbocycles. The molecule has 0 atom stereocenters. The van der Waals surface area contributed by atoms with Gasteiger partial charge in [0.2, 0.25) is 0 Å². The zero-order chi connectivity index (χ0) is 19.3. The van der Waals surface area contributed by atoms with Gasteiger partial charge in [0.1, 0.15) is 5.69 Å². The van der Waals surface area contributed by atoms with Crippen molar-refractivity contribution in [3.8, 4) is 11.3 Å². The molecule has 0 saturated carbocycles. The summed E-state index contributed by atoms with van der Waals surface area (Å²) < 4.78 is 11.8. The number of hydrogen-bond donors (Lipinski definition) is 0. The Hall–Kier alpha value is -3.74. The van der Waals surface area contributed by atoms with Crippen LogP contribution in [0.25, 0.3) is 22.2 Å². The molecule has 4 rings (SSSR count). The van der Waals surface area contributed by atoms with Crippen LogP contribution in [-0.4, -0.2) is 20.7 Å². The summed E-state index contributed by atoms with van der Waals surface area (Å²) in [5.74, 6) is 0.0226. The normalized spacial score (nSPS) is 10.9. The van der Waals surface area contributed by atoms with Crippen LogP contribution in [0.15, 0.2) is 76.3 Å². The van der Waals surface area contributed by atoms with Gasteiger partial charge in [-0.05, 0) is 12.1 Å². The standard InChI is InChI=1S/C21H17N3O4/c25-20(10-11-24-14-22-18-9-5-4-8-17(18)21(24)26)27-13-16-12-19(23-28-16)15-6-2-1-3-7-15/h1-9,12,14H,10-11,13H2. The number of nitrogens with zero attached hydrogens (tertiary/aromatic N) is 3. The van der Waals surface area contributed by atoms with Crippen molar-refractivity contribution in [1.29, 1.82) is 0 Å². The molecule has 7 nitrogen and oxygen atoms in total. The first kappa shape index (κ1) is 17.7. The van der Waals surface area contributed by atoms with Crippen molar-refractivity contribution in [2.45, 2.75) is 19.6 Å². The van der Waals surface area contributed by atoms with Crippen molar-refractivity contribution in [2.24, 2.45) is 0 Å². The van der Waals surface area contributed by atoms with Crippen LogP contribution in [-0.2, 0) is 22.7 Å². The van der Waals surface area contributed by atoms with Crippen molar-refractivity contribution in [3.63, 3.8) is 0 Å². The van der Waals surface area contributed by atoms with E-state index in [-0.39, 0.29) is 25.1 Å². The van der Waals surface area contributed by atoms with Gasteiger partial charge in [0.25, 0.3) is 5.56 Å². The van der Waals surface area contributed by atoms with Crippen LogP contribution in [0.4, 0.5) is 0 Å². The van der Waals surface area contributed by atoms with E-state index in [2.05, 4.69) is 10.1 Å². The number of fused-ring (bicyclic) bond motifs is 1. The van der Waals surface area contributed by atoms with Crippen molar-refractivity contribution in [3.05, 3.63) is 83.1 Å². The molecule has 0 bridgehead atoms. The quantitative estimate of drug-likeness (QED) is 0.481. The zero-order valence-electron chi connectivity index (χ0n) is 14.9. The maximum absolute atomic E-state index is 12.4.